The van der Waals surface area contributed by atoms with Crippen molar-refractivity contribution in [1.82, 2.24) is 4.98 Å². The van der Waals surface area contributed by atoms with Gasteiger partial charge in [0, 0.05) is 11.1 Å². The first-order valence-electron chi connectivity index (χ1n) is 4.97. The lowest BCUT2D eigenvalue weighted by Gasteiger charge is -2.10. The van der Waals surface area contributed by atoms with Gasteiger partial charge < -0.3 is 5.43 Å². The number of rotatable bonds is 1. The molecular formula is C12H15N3. The summed E-state index contributed by atoms with van der Waals surface area (Å²) in [5.41, 5.74) is 8.07. The molecule has 3 heteroatoms. The van der Waals surface area contributed by atoms with Gasteiger partial charge in [0.2, 0.25) is 0 Å². The standard InChI is InChI=1S/C12H15N3/c1-7-4-8(2)12-10(5-7)14-9(3)6-11(12)15-13/h4-6H,13H2,1-3H3,(H,14,15). The van der Waals surface area contributed by atoms with Gasteiger partial charge in [-0.1, -0.05) is 6.07 Å². The van der Waals surface area contributed by atoms with Crippen LogP contribution in [0.25, 0.3) is 10.9 Å². The summed E-state index contributed by atoms with van der Waals surface area (Å²) in [4.78, 5) is 4.51. The first-order chi connectivity index (χ1) is 7.11. The number of nitrogen functional groups attached to an aromatic ring is 1. The number of aromatic nitrogens is 1. The van der Waals surface area contributed by atoms with E-state index in [1.54, 1.807) is 0 Å². The van der Waals surface area contributed by atoms with E-state index < -0.39 is 0 Å². The molecule has 0 unspecified atom stereocenters. The Kier molecular flexibility index (Phi) is 2.32. The summed E-state index contributed by atoms with van der Waals surface area (Å²) in [6.07, 6.45) is 0. The van der Waals surface area contributed by atoms with Crippen LogP contribution in [0.4, 0.5) is 5.69 Å². The van der Waals surface area contributed by atoms with Gasteiger partial charge in [-0.05, 0) is 44.0 Å². The fraction of sp³-hybridized carbons (Fsp3) is 0.250. The molecule has 0 radical (unpaired) electrons. The molecule has 0 saturated heterocycles. The molecule has 3 N–H and O–H groups in total. The lowest BCUT2D eigenvalue weighted by molar-refractivity contribution is 1.23. The van der Waals surface area contributed by atoms with E-state index in [2.05, 4.69) is 36.4 Å². The second-order valence-corrected chi connectivity index (χ2v) is 3.93. The fourth-order valence-corrected chi connectivity index (χ4v) is 2.00. The number of aryl methyl sites for hydroxylation is 3. The second kappa shape index (κ2) is 3.51. The summed E-state index contributed by atoms with van der Waals surface area (Å²) in [7, 11) is 0. The maximum atomic E-state index is 5.51. The second-order valence-electron chi connectivity index (χ2n) is 3.93. The molecule has 1 heterocycles. The summed E-state index contributed by atoms with van der Waals surface area (Å²) in [5, 5.41) is 1.11. The summed E-state index contributed by atoms with van der Waals surface area (Å²) in [5.74, 6) is 5.51. The highest BCUT2D eigenvalue weighted by Gasteiger charge is 2.06. The molecule has 0 saturated carbocycles. The smallest absolute Gasteiger partial charge is 0.0731 e. The minimum atomic E-state index is 0.940. The first kappa shape index (κ1) is 9.93. The zero-order valence-corrected chi connectivity index (χ0v) is 9.26. The SMILES string of the molecule is Cc1cc(C)c2c(NN)cc(C)nc2c1. The van der Waals surface area contributed by atoms with Crippen molar-refractivity contribution in [2.45, 2.75) is 20.8 Å². The van der Waals surface area contributed by atoms with E-state index in [-0.39, 0.29) is 0 Å². The number of hydrazine groups is 1. The number of hydrogen-bond acceptors (Lipinski definition) is 3. The Labute approximate surface area is 89.3 Å². The van der Waals surface area contributed by atoms with Crippen molar-refractivity contribution in [2.24, 2.45) is 5.84 Å². The minimum Gasteiger partial charge on any atom is -0.323 e. The molecule has 0 spiro atoms. The highest BCUT2D eigenvalue weighted by molar-refractivity contribution is 5.94. The number of pyridine rings is 1. The van der Waals surface area contributed by atoms with E-state index in [0.29, 0.717) is 0 Å². The van der Waals surface area contributed by atoms with Crippen LogP contribution in [-0.2, 0) is 0 Å². The van der Waals surface area contributed by atoms with Crippen molar-refractivity contribution in [1.29, 1.82) is 0 Å². The number of benzene rings is 1. The molecule has 2 rings (SSSR count). The highest BCUT2D eigenvalue weighted by Crippen LogP contribution is 2.26. The lowest BCUT2D eigenvalue weighted by atomic mass is 10.0. The molecule has 0 bridgehead atoms. The van der Waals surface area contributed by atoms with Crippen LogP contribution in [-0.4, -0.2) is 4.98 Å². The van der Waals surface area contributed by atoms with Gasteiger partial charge in [-0.3, -0.25) is 10.8 Å². The summed E-state index contributed by atoms with van der Waals surface area (Å²) in [6.45, 7) is 6.12. The Bertz CT molecular complexity index is 512. The number of nitrogens with one attached hydrogen (secondary N) is 1. The Morgan fingerprint density at radius 2 is 1.87 bits per heavy atom. The Morgan fingerprint density at radius 3 is 2.53 bits per heavy atom. The molecular weight excluding hydrogens is 186 g/mol. The van der Waals surface area contributed by atoms with Gasteiger partial charge in [0.15, 0.2) is 0 Å². The van der Waals surface area contributed by atoms with Crippen molar-refractivity contribution in [3.63, 3.8) is 0 Å². The third-order valence-corrected chi connectivity index (χ3v) is 2.53. The maximum Gasteiger partial charge on any atom is 0.0731 e. The molecule has 0 aliphatic carbocycles. The molecule has 1 aromatic heterocycles. The highest BCUT2D eigenvalue weighted by atomic mass is 15.2. The molecule has 0 amide bonds. The molecule has 3 nitrogen and oxygen atoms in total. The molecule has 0 aliphatic heterocycles. The van der Waals surface area contributed by atoms with Gasteiger partial charge in [0.1, 0.15) is 0 Å². The minimum absolute atomic E-state index is 0.940. The van der Waals surface area contributed by atoms with E-state index in [1.165, 1.54) is 11.1 Å². The van der Waals surface area contributed by atoms with Crippen LogP contribution in [0.15, 0.2) is 18.2 Å². The van der Waals surface area contributed by atoms with E-state index in [0.717, 1.165) is 22.3 Å². The van der Waals surface area contributed by atoms with Crippen molar-refractivity contribution < 1.29 is 0 Å². The molecule has 2 aromatic rings. The molecule has 15 heavy (non-hydrogen) atoms. The van der Waals surface area contributed by atoms with Gasteiger partial charge in [0.25, 0.3) is 0 Å². The van der Waals surface area contributed by atoms with Crippen LogP contribution in [0, 0.1) is 20.8 Å². The number of anilines is 1. The topological polar surface area (TPSA) is 50.9 Å². The summed E-state index contributed by atoms with van der Waals surface area (Å²) < 4.78 is 0. The van der Waals surface area contributed by atoms with Crippen LogP contribution in [0.1, 0.15) is 16.8 Å². The lowest BCUT2D eigenvalue weighted by Crippen LogP contribution is -2.08. The fourth-order valence-electron chi connectivity index (χ4n) is 2.00. The summed E-state index contributed by atoms with van der Waals surface area (Å²) >= 11 is 0. The normalized spacial score (nSPS) is 10.7. The van der Waals surface area contributed by atoms with E-state index in [1.807, 2.05) is 13.0 Å². The van der Waals surface area contributed by atoms with Crippen molar-refractivity contribution >= 4 is 16.6 Å². The van der Waals surface area contributed by atoms with Crippen LogP contribution in [0.2, 0.25) is 0 Å². The van der Waals surface area contributed by atoms with Crippen LogP contribution >= 0.6 is 0 Å². The Balaban J connectivity index is 2.90. The van der Waals surface area contributed by atoms with Crippen molar-refractivity contribution in [3.8, 4) is 0 Å². The van der Waals surface area contributed by atoms with Gasteiger partial charge in [-0.15, -0.1) is 0 Å². The zero-order chi connectivity index (χ0) is 11.0. The number of nitrogens with two attached hydrogens (primary N) is 1. The quantitative estimate of drug-likeness (QED) is 0.550. The van der Waals surface area contributed by atoms with Crippen molar-refractivity contribution in [2.75, 3.05) is 5.43 Å². The van der Waals surface area contributed by atoms with Crippen molar-refractivity contribution in [3.05, 3.63) is 35.0 Å². The maximum absolute atomic E-state index is 5.51. The zero-order valence-electron chi connectivity index (χ0n) is 9.26. The molecule has 0 aliphatic rings. The predicted octanol–water partition coefficient (Wildman–Crippen LogP) is 2.45. The average Bonchev–Trinajstić information content (AvgIpc) is 2.14. The number of fused-ring (bicyclic) bond motifs is 1. The third-order valence-electron chi connectivity index (χ3n) is 2.53. The van der Waals surface area contributed by atoms with Crippen LogP contribution < -0.4 is 11.3 Å². The molecule has 0 fully saturated rings. The summed E-state index contributed by atoms with van der Waals surface area (Å²) in [6, 6.07) is 6.18. The van der Waals surface area contributed by atoms with Gasteiger partial charge >= 0.3 is 0 Å². The number of hydrogen-bond donors (Lipinski definition) is 2. The average molecular weight is 201 g/mol. The van der Waals surface area contributed by atoms with Gasteiger partial charge in [-0.25, -0.2) is 0 Å². The van der Waals surface area contributed by atoms with E-state index in [4.69, 9.17) is 5.84 Å². The van der Waals surface area contributed by atoms with Gasteiger partial charge in [-0.2, -0.15) is 0 Å². The van der Waals surface area contributed by atoms with E-state index in [9.17, 15) is 0 Å². The van der Waals surface area contributed by atoms with Crippen LogP contribution in [0.5, 0.6) is 0 Å². The van der Waals surface area contributed by atoms with E-state index >= 15 is 0 Å². The molecule has 0 atom stereocenters. The molecule has 1 aromatic carbocycles. The Hall–Kier alpha value is -1.61. The Morgan fingerprint density at radius 1 is 1.13 bits per heavy atom. The van der Waals surface area contributed by atoms with Gasteiger partial charge in [0.05, 0.1) is 11.2 Å². The largest absolute Gasteiger partial charge is 0.323 e. The molecule has 78 valence electrons. The van der Waals surface area contributed by atoms with Crippen LogP contribution in [0.3, 0.4) is 0 Å². The number of nitrogens with zero attached hydrogens (tertiary/aromatic N) is 1. The predicted molar refractivity (Wildman–Crippen MR) is 63.8 cm³/mol. The monoisotopic (exact) mass is 201 g/mol. The third kappa shape index (κ3) is 1.66. The first-order valence-corrected chi connectivity index (χ1v) is 4.97.